The van der Waals surface area contributed by atoms with Crippen LogP contribution in [0.4, 0.5) is 39.5 Å². The molecule has 0 fully saturated rings. The van der Waals surface area contributed by atoms with Crippen LogP contribution in [0.5, 0.6) is 0 Å². The molecule has 0 bridgehead atoms. The highest BCUT2D eigenvalue weighted by molar-refractivity contribution is 6.14. The highest BCUT2D eigenvalue weighted by Gasteiger charge is 2.40. The van der Waals surface area contributed by atoms with E-state index in [1.165, 1.54) is 30.3 Å². The van der Waals surface area contributed by atoms with Crippen LogP contribution in [0.3, 0.4) is 0 Å². The van der Waals surface area contributed by atoms with Crippen LogP contribution in [0, 0.1) is 39.0 Å². The highest BCUT2D eigenvalue weighted by Crippen LogP contribution is 2.49. The molecule has 14 heteroatoms. The van der Waals surface area contributed by atoms with E-state index in [9.17, 15) is 31.6 Å². The molecule has 0 aliphatic carbocycles. The Kier molecular flexibility index (Phi) is 13.8. The maximum atomic E-state index is 15.2. The largest absolute Gasteiger partial charge is 0.417 e. The Morgan fingerprint density at radius 2 is 0.521 bits per heavy atom. The van der Waals surface area contributed by atoms with Gasteiger partial charge >= 0.3 is 18.5 Å². The van der Waals surface area contributed by atoms with Crippen molar-refractivity contribution in [3.05, 3.63) is 287 Å². The van der Waals surface area contributed by atoms with Crippen molar-refractivity contribution in [2.24, 2.45) is 0 Å². The van der Waals surface area contributed by atoms with Gasteiger partial charge in [0.1, 0.15) is 0 Å². The fraction of sp³-hybridized carbons (Fsp3) is 0.0875. The smallest absolute Gasteiger partial charge is 0.307 e. The van der Waals surface area contributed by atoms with Crippen LogP contribution in [0.25, 0.3) is 132 Å². The zero-order chi connectivity index (χ0) is 65.3. The van der Waals surface area contributed by atoms with Gasteiger partial charge in [-0.15, -0.1) is 0 Å². The van der Waals surface area contributed by atoms with Gasteiger partial charge in [0, 0.05) is 48.7 Å². The van der Waals surface area contributed by atoms with Crippen molar-refractivity contribution in [3.63, 3.8) is 0 Å². The molecular weight excluding hydrogens is 1200 g/mol. The molecule has 0 amide bonds. The Bertz CT molecular complexity index is 5840. The van der Waals surface area contributed by atoms with Crippen molar-refractivity contribution in [2.75, 3.05) is 0 Å². The van der Waals surface area contributed by atoms with Gasteiger partial charge < -0.3 is 18.3 Å². The van der Waals surface area contributed by atoms with E-state index in [2.05, 4.69) is 64.6 Å². The number of fused-ring (bicyclic) bond motifs is 12. The summed E-state index contributed by atoms with van der Waals surface area (Å²) >= 11 is 0. The molecular formula is C80H52F9N5. The Morgan fingerprint density at radius 1 is 0.255 bits per heavy atom. The molecule has 4 aromatic heterocycles. The molecule has 5 nitrogen and oxygen atoms in total. The summed E-state index contributed by atoms with van der Waals surface area (Å²) in [6, 6.07) is 73.3. The zero-order valence-electron chi connectivity index (χ0n) is 50.7. The Morgan fingerprint density at radius 3 is 0.851 bits per heavy atom. The van der Waals surface area contributed by atoms with E-state index in [-0.39, 0.29) is 22.4 Å². The van der Waals surface area contributed by atoms with E-state index >= 15 is 13.2 Å². The van der Waals surface area contributed by atoms with Crippen LogP contribution in [0.2, 0.25) is 0 Å². The molecule has 4 heterocycles. The summed E-state index contributed by atoms with van der Waals surface area (Å²) in [5, 5.41) is 18.2. The molecule has 94 heavy (non-hydrogen) atoms. The number of hydrogen-bond donors (Lipinski definition) is 0. The van der Waals surface area contributed by atoms with Crippen molar-refractivity contribution >= 4 is 87.2 Å². The lowest BCUT2D eigenvalue weighted by Crippen LogP contribution is -2.14. The van der Waals surface area contributed by atoms with E-state index in [1.807, 2.05) is 153 Å². The fourth-order valence-electron chi connectivity index (χ4n) is 14.0. The number of rotatable bonds is 6. The molecule has 12 aromatic carbocycles. The summed E-state index contributed by atoms with van der Waals surface area (Å²) in [5.41, 5.74) is 8.75. The average Bonchev–Trinajstić information content (AvgIpc) is 1.51. The molecule has 0 spiro atoms. The molecule has 0 N–H and O–H groups in total. The predicted octanol–water partition coefficient (Wildman–Crippen LogP) is 23.3. The third-order valence-electron chi connectivity index (χ3n) is 18.0. The second-order valence-corrected chi connectivity index (χ2v) is 24.0. The number of benzene rings is 12. The molecule has 16 rings (SSSR count). The summed E-state index contributed by atoms with van der Waals surface area (Å²) in [4.78, 5) is 0. The van der Waals surface area contributed by atoms with Crippen LogP contribution >= 0.6 is 0 Å². The fourth-order valence-corrected chi connectivity index (χ4v) is 14.0. The maximum absolute atomic E-state index is 15.2. The monoisotopic (exact) mass is 1250 g/mol. The van der Waals surface area contributed by atoms with Crippen molar-refractivity contribution in [1.82, 2.24) is 18.3 Å². The Balaban J connectivity index is 0.000000155. The van der Waals surface area contributed by atoms with Crippen molar-refractivity contribution in [3.8, 4) is 51.1 Å². The van der Waals surface area contributed by atoms with Gasteiger partial charge in [-0.25, -0.2) is 0 Å². The molecule has 0 aliphatic rings. The molecule has 16 aromatic rings. The first kappa shape index (κ1) is 59.0. The summed E-state index contributed by atoms with van der Waals surface area (Å²) in [6.45, 7) is 8.01. The van der Waals surface area contributed by atoms with Gasteiger partial charge in [-0.1, -0.05) is 156 Å². The minimum atomic E-state index is -4.98. The zero-order valence-corrected chi connectivity index (χ0v) is 50.7. The number of aryl methyl sites for hydroxylation is 4. The lowest BCUT2D eigenvalue weighted by atomic mass is 9.93. The number of para-hydroxylation sites is 4. The first-order chi connectivity index (χ1) is 45.2. The van der Waals surface area contributed by atoms with E-state index in [0.29, 0.717) is 33.6 Å². The van der Waals surface area contributed by atoms with Gasteiger partial charge in [0.05, 0.1) is 95.2 Å². The van der Waals surface area contributed by atoms with Gasteiger partial charge in [-0.2, -0.15) is 44.8 Å². The highest BCUT2D eigenvalue weighted by atomic mass is 19.4. The normalized spacial score (nSPS) is 12.3. The first-order valence-electron chi connectivity index (χ1n) is 30.3. The average molecular weight is 1250 g/mol. The predicted molar refractivity (Wildman–Crippen MR) is 360 cm³/mol. The van der Waals surface area contributed by atoms with Crippen LogP contribution in [0.15, 0.2) is 243 Å². The Labute approximate surface area is 532 Å². The number of hydrogen-bond acceptors (Lipinski definition) is 1. The van der Waals surface area contributed by atoms with Crippen LogP contribution in [0.1, 0.15) is 44.5 Å². The minimum Gasteiger partial charge on any atom is -0.307 e. The van der Waals surface area contributed by atoms with E-state index in [0.717, 1.165) is 117 Å². The number of nitrogens with zero attached hydrogens (tertiary/aromatic N) is 5. The van der Waals surface area contributed by atoms with Gasteiger partial charge in [-0.3, -0.25) is 0 Å². The van der Waals surface area contributed by atoms with Gasteiger partial charge in [0.15, 0.2) is 0 Å². The number of alkyl halides is 9. The second-order valence-electron chi connectivity index (χ2n) is 24.0. The summed E-state index contributed by atoms with van der Waals surface area (Å²) in [7, 11) is 0. The van der Waals surface area contributed by atoms with E-state index in [1.54, 1.807) is 22.8 Å². The second kappa shape index (κ2) is 21.9. The SMILES string of the molecule is Cc1ccc2c(c1)c1ccccc1n2-c1cc(-c2ccccc2C(F)(F)F)c(C(F)(F)F)cc1-n1c2ccccc2c2cc(C)ccc21.Cc1ccc2c(c1)c1ccccc1n2-c1cc(C#N)c(-c2ccccc2C(F)(F)F)cc1-n1c2ccccc2c2cc(C)ccc21. The first-order valence-corrected chi connectivity index (χ1v) is 30.3. The standard InChI is InChI=1S/C40H26F6N2.C40H26F3N3/c1-23-15-17-35-29(19-23)26-10-4-7-13-33(26)47(35)37-21-28(25-9-3-6-12-31(25)39(41,42)43)32(40(44,45)46)22-38(37)48-34-14-8-5-11-27(34)30-20-24(2)16-18-36(30)48;1-24-15-17-36-31(19-24)28-10-4-7-13-34(28)45(36)38-21-26(23-44)30(27-9-3-6-12-33(27)40(41,42)43)22-39(38)46-35-14-8-5-11-29(35)32-20-25(2)16-18-37(32)46/h3-22H,1-2H3;3-22H,1-2H3. The molecule has 0 atom stereocenters. The summed E-state index contributed by atoms with van der Waals surface area (Å²) < 4.78 is 140. The van der Waals surface area contributed by atoms with Crippen LogP contribution in [-0.2, 0) is 18.5 Å². The van der Waals surface area contributed by atoms with Gasteiger partial charge in [0.25, 0.3) is 0 Å². The van der Waals surface area contributed by atoms with Crippen LogP contribution < -0.4 is 0 Å². The maximum Gasteiger partial charge on any atom is 0.417 e. The molecule has 0 radical (unpaired) electrons. The Hall–Kier alpha value is -11.3. The van der Waals surface area contributed by atoms with E-state index < -0.39 is 46.3 Å². The van der Waals surface area contributed by atoms with Gasteiger partial charge in [-0.05, 0) is 154 Å². The lowest BCUT2D eigenvalue weighted by molar-refractivity contribution is -0.139. The minimum absolute atomic E-state index is 0.0335. The van der Waals surface area contributed by atoms with E-state index in [4.69, 9.17) is 0 Å². The lowest BCUT2D eigenvalue weighted by Gasteiger charge is -2.23. The summed E-state index contributed by atoms with van der Waals surface area (Å²) in [6.07, 6.45) is -14.5. The third-order valence-corrected chi connectivity index (χ3v) is 18.0. The van der Waals surface area contributed by atoms with Crippen molar-refractivity contribution in [2.45, 2.75) is 46.2 Å². The number of halogens is 9. The molecule has 0 aliphatic heterocycles. The third kappa shape index (κ3) is 9.63. The molecule has 0 saturated carbocycles. The number of nitriles is 1. The van der Waals surface area contributed by atoms with Crippen molar-refractivity contribution in [1.29, 1.82) is 5.26 Å². The summed E-state index contributed by atoms with van der Waals surface area (Å²) in [5.74, 6) is 0. The molecule has 460 valence electrons. The van der Waals surface area contributed by atoms with Crippen LogP contribution in [-0.4, -0.2) is 18.3 Å². The molecule has 0 unspecified atom stereocenters. The quantitative estimate of drug-likeness (QED) is 0.153. The topological polar surface area (TPSA) is 43.5 Å². The molecule has 0 saturated heterocycles. The van der Waals surface area contributed by atoms with Gasteiger partial charge in [0.2, 0.25) is 0 Å². The van der Waals surface area contributed by atoms with Crippen molar-refractivity contribution < 1.29 is 39.5 Å². The number of aromatic nitrogens is 4.